The molecule has 2 aromatic rings. The number of hydrogen-bond donors (Lipinski definition) is 0. The molecule has 106 valence electrons. The third-order valence-corrected chi connectivity index (χ3v) is 3.48. The third-order valence-electron chi connectivity index (χ3n) is 2.98. The number of aromatic nitrogens is 1. The summed E-state index contributed by atoms with van der Waals surface area (Å²) in [4.78, 5) is 16.1. The van der Waals surface area contributed by atoms with E-state index in [0.717, 1.165) is 12.0 Å². The standard InChI is InChI=1S/C15H16ClNO3/c1-4-6-11-13(15(18)19-3)20-14(17-11)10-8-5-7-9(2)12(10)16/h5,7-8H,4,6H2,1-3H3. The first-order valence-corrected chi connectivity index (χ1v) is 6.79. The minimum absolute atomic E-state index is 0.155. The van der Waals surface area contributed by atoms with Crippen LogP contribution in [0.15, 0.2) is 22.6 Å². The molecule has 0 radical (unpaired) electrons. The number of benzene rings is 1. The SMILES string of the molecule is CCCc1nc(-c2cccc(C)c2Cl)oc1C(=O)OC. The molecule has 0 N–H and O–H groups in total. The summed E-state index contributed by atoms with van der Waals surface area (Å²) in [6.07, 6.45) is 1.51. The van der Waals surface area contributed by atoms with Gasteiger partial charge in [-0.1, -0.05) is 37.1 Å². The summed E-state index contributed by atoms with van der Waals surface area (Å²) in [5.41, 5.74) is 2.21. The molecule has 0 fully saturated rings. The van der Waals surface area contributed by atoms with Crippen LogP contribution in [0, 0.1) is 6.92 Å². The highest BCUT2D eigenvalue weighted by Crippen LogP contribution is 2.31. The number of hydrogen-bond acceptors (Lipinski definition) is 4. The Morgan fingerprint density at radius 3 is 2.85 bits per heavy atom. The second-order valence-electron chi connectivity index (χ2n) is 4.47. The van der Waals surface area contributed by atoms with Crippen molar-refractivity contribution in [1.82, 2.24) is 4.98 Å². The lowest BCUT2D eigenvalue weighted by molar-refractivity contribution is 0.0564. The molecule has 1 heterocycles. The first-order chi connectivity index (χ1) is 9.58. The van der Waals surface area contributed by atoms with Crippen molar-refractivity contribution in [1.29, 1.82) is 0 Å². The van der Waals surface area contributed by atoms with Gasteiger partial charge < -0.3 is 9.15 Å². The fraction of sp³-hybridized carbons (Fsp3) is 0.333. The Kier molecular flexibility index (Phi) is 4.45. The van der Waals surface area contributed by atoms with Crippen molar-refractivity contribution in [3.63, 3.8) is 0 Å². The quantitative estimate of drug-likeness (QED) is 0.798. The van der Waals surface area contributed by atoms with Crippen LogP contribution < -0.4 is 0 Å². The lowest BCUT2D eigenvalue weighted by Crippen LogP contribution is -2.03. The summed E-state index contributed by atoms with van der Waals surface area (Å²) >= 11 is 6.26. The number of carbonyl (C=O) groups excluding carboxylic acids is 1. The van der Waals surface area contributed by atoms with Crippen LogP contribution in [0.2, 0.25) is 5.02 Å². The number of ether oxygens (including phenoxy) is 1. The van der Waals surface area contributed by atoms with Gasteiger partial charge >= 0.3 is 5.97 Å². The molecule has 1 aromatic heterocycles. The number of oxazole rings is 1. The molecule has 5 heteroatoms. The van der Waals surface area contributed by atoms with E-state index in [1.54, 1.807) is 0 Å². The minimum atomic E-state index is -0.518. The van der Waals surface area contributed by atoms with Crippen LogP contribution in [0.3, 0.4) is 0 Å². The van der Waals surface area contributed by atoms with Crippen molar-refractivity contribution in [2.45, 2.75) is 26.7 Å². The van der Waals surface area contributed by atoms with E-state index in [-0.39, 0.29) is 5.76 Å². The molecule has 2 rings (SSSR count). The van der Waals surface area contributed by atoms with Crippen LogP contribution in [0.4, 0.5) is 0 Å². The average molecular weight is 294 g/mol. The molecule has 0 saturated carbocycles. The zero-order valence-electron chi connectivity index (χ0n) is 11.7. The Hall–Kier alpha value is -1.81. The maximum Gasteiger partial charge on any atom is 0.376 e. The van der Waals surface area contributed by atoms with Crippen LogP contribution in [0.5, 0.6) is 0 Å². The van der Waals surface area contributed by atoms with E-state index >= 15 is 0 Å². The molecule has 0 atom stereocenters. The molecule has 0 amide bonds. The zero-order chi connectivity index (χ0) is 14.7. The molecule has 20 heavy (non-hydrogen) atoms. The van der Waals surface area contributed by atoms with Crippen molar-refractivity contribution >= 4 is 17.6 Å². The number of aryl methyl sites for hydroxylation is 2. The van der Waals surface area contributed by atoms with Gasteiger partial charge in [0.1, 0.15) is 0 Å². The van der Waals surface area contributed by atoms with Crippen molar-refractivity contribution < 1.29 is 13.9 Å². The van der Waals surface area contributed by atoms with Crippen molar-refractivity contribution in [2.24, 2.45) is 0 Å². The van der Waals surface area contributed by atoms with Gasteiger partial charge in [-0.3, -0.25) is 0 Å². The summed E-state index contributed by atoms with van der Waals surface area (Å²) < 4.78 is 10.3. The topological polar surface area (TPSA) is 52.3 Å². The number of halogens is 1. The van der Waals surface area contributed by atoms with Gasteiger partial charge in [-0.2, -0.15) is 0 Å². The molecule has 1 aromatic carbocycles. The van der Waals surface area contributed by atoms with E-state index in [0.29, 0.717) is 28.6 Å². The fourth-order valence-electron chi connectivity index (χ4n) is 1.94. The van der Waals surface area contributed by atoms with Gasteiger partial charge in [-0.25, -0.2) is 9.78 Å². The van der Waals surface area contributed by atoms with Gasteiger partial charge in [0, 0.05) is 0 Å². The maximum absolute atomic E-state index is 11.7. The van der Waals surface area contributed by atoms with E-state index in [4.69, 9.17) is 20.8 Å². The molecule has 0 bridgehead atoms. The van der Waals surface area contributed by atoms with E-state index in [1.165, 1.54) is 7.11 Å². The second-order valence-corrected chi connectivity index (χ2v) is 4.85. The van der Waals surface area contributed by atoms with E-state index in [2.05, 4.69) is 4.98 Å². The van der Waals surface area contributed by atoms with Gasteiger partial charge in [-0.15, -0.1) is 0 Å². The predicted octanol–water partition coefficient (Wildman–Crippen LogP) is 4.04. The van der Waals surface area contributed by atoms with Gasteiger partial charge in [0.25, 0.3) is 0 Å². The molecular weight excluding hydrogens is 278 g/mol. The monoisotopic (exact) mass is 293 g/mol. The predicted molar refractivity (Wildman–Crippen MR) is 77.0 cm³/mol. The molecule has 0 aliphatic heterocycles. The van der Waals surface area contributed by atoms with Crippen LogP contribution in [0.1, 0.15) is 35.2 Å². The Morgan fingerprint density at radius 1 is 1.45 bits per heavy atom. The minimum Gasteiger partial charge on any atom is -0.463 e. The van der Waals surface area contributed by atoms with E-state index in [1.807, 2.05) is 32.0 Å². The van der Waals surface area contributed by atoms with Gasteiger partial charge in [-0.05, 0) is 25.0 Å². The summed E-state index contributed by atoms with van der Waals surface area (Å²) in [6.45, 7) is 3.91. The van der Waals surface area contributed by atoms with Crippen LogP contribution >= 0.6 is 11.6 Å². The number of esters is 1. The average Bonchev–Trinajstić information content (AvgIpc) is 2.85. The van der Waals surface area contributed by atoms with Crippen molar-refractivity contribution in [2.75, 3.05) is 7.11 Å². The van der Waals surface area contributed by atoms with Gasteiger partial charge in [0.2, 0.25) is 11.7 Å². The van der Waals surface area contributed by atoms with Crippen LogP contribution in [-0.2, 0) is 11.2 Å². The summed E-state index contributed by atoms with van der Waals surface area (Å²) in [5.74, 6) is -0.0135. The first-order valence-electron chi connectivity index (χ1n) is 6.42. The molecule has 0 saturated heterocycles. The Labute approximate surface area is 122 Å². The van der Waals surface area contributed by atoms with Crippen LogP contribution in [0.25, 0.3) is 11.5 Å². The highest BCUT2D eigenvalue weighted by Gasteiger charge is 2.22. The molecular formula is C15H16ClNO3. The molecule has 0 aliphatic carbocycles. The number of carbonyl (C=O) groups is 1. The zero-order valence-corrected chi connectivity index (χ0v) is 12.5. The lowest BCUT2D eigenvalue weighted by atomic mass is 10.1. The smallest absolute Gasteiger partial charge is 0.376 e. The number of nitrogens with zero attached hydrogens (tertiary/aromatic N) is 1. The summed E-state index contributed by atoms with van der Waals surface area (Å²) in [7, 11) is 1.32. The van der Waals surface area contributed by atoms with Gasteiger partial charge in [0.05, 0.1) is 23.4 Å². The molecule has 0 aliphatic rings. The first kappa shape index (κ1) is 14.6. The third kappa shape index (κ3) is 2.70. The summed E-state index contributed by atoms with van der Waals surface area (Å²) in [6, 6.07) is 5.60. The Bertz CT molecular complexity index is 634. The molecule has 0 unspecified atom stereocenters. The normalized spacial score (nSPS) is 10.6. The van der Waals surface area contributed by atoms with E-state index < -0.39 is 5.97 Å². The highest BCUT2D eigenvalue weighted by molar-refractivity contribution is 6.33. The second kappa shape index (κ2) is 6.09. The van der Waals surface area contributed by atoms with Crippen molar-refractivity contribution in [3.8, 4) is 11.5 Å². The van der Waals surface area contributed by atoms with Gasteiger partial charge in [0.15, 0.2) is 0 Å². The Morgan fingerprint density at radius 2 is 2.20 bits per heavy atom. The number of methoxy groups -OCH3 is 1. The Balaban J connectivity index is 2.52. The van der Waals surface area contributed by atoms with E-state index in [9.17, 15) is 4.79 Å². The maximum atomic E-state index is 11.7. The highest BCUT2D eigenvalue weighted by atomic mass is 35.5. The molecule has 0 spiro atoms. The molecule has 4 nitrogen and oxygen atoms in total. The lowest BCUT2D eigenvalue weighted by Gasteiger charge is -2.02. The van der Waals surface area contributed by atoms with Crippen molar-refractivity contribution in [3.05, 3.63) is 40.2 Å². The summed E-state index contributed by atoms with van der Waals surface area (Å²) in [5, 5.41) is 0.577. The largest absolute Gasteiger partial charge is 0.463 e. The van der Waals surface area contributed by atoms with Crippen LogP contribution in [-0.4, -0.2) is 18.1 Å². The fourth-order valence-corrected chi connectivity index (χ4v) is 2.14. The number of rotatable bonds is 4.